The van der Waals surface area contributed by atoms with Crippen LogP contribution in [0.2, 0.25) is 0 Å². The lowest BCUT2D eigenvalue weighted by Crippen LogP contribution is -2.28. The van der Waals surface area contributed by atoms with Crippen molar-refractivity contribution in [2.75, 3.05) is 11.9 Å². The summed E-state index contributed by atoms with van der Waals surface area (Å²) in [7, 11) is 0. The number of benzene rings is 2. The SMILES string of the molecule is C=CCNC(=S)Nc1ccc(Sc2ccc(C)cc2C)cc1. The predicted octanol–water partition coefficient (Wildman–Crippen LogP) is 4.93. The fourth-order valence-corrected chi connectivity index (χ4v) is 3.07. The molecule has 4 heteroatoms. The van der Waals surface area contributed by atoms with Crippen molar-refractivity contribution in [3.8, 4) is 0 Å². The Morgan fingerprint density at radius 1 is 1.18 bits per heavy atom. The molecule has 0 saturated heterocycles. The first kappa shape index (κ1) is 16.6. The van der Waals surface area contributed by atoms with Crippen molar-refractivity contribution in [1.82, 2.24) is 5.32 Å². The average molecular weight is 329 g/mol. The topological polar surface area (TPSA) is 24.1 Å². The lowest BCUT2D eigenvalue weighted by Gasteiger charge is -2.10. The number of anilines is 1. The summed E-state index contributed by atoms with van der Waals surface area (Å²) in [4.78, 5) is 2.50. The highest BCUT2D eigenvalue weighted by molar-refractivity contribution is 7.99. The molecular formula is C18H20N2S2. The number of rotatable bonds is 5. The molecule has 2 aromatic rings. The van der Waals surface area contributed by atoms with Crippen molar-refractivity contribution < 1.29 is 0 Å². The molecule has 114 valence electrons. The number of hydrogen-bond donors (Lipinski definition) is 2. The summed E-state index contributed by atoms with van der Waals surface area (Å²) in [6.45, 7) is 8.57. The Labute approximate surface area is 142 Å². The molecule has 0 heterocycles. The lowest BCUT2D eigenvalue weighted by atomic mass is 10.2. The first-order valence-corrected chi connectivity index (χ1v) is 8.32. The molecule has 0 fully saturated rings. The monoisotopic (exact) mass is 328 g/mol. The van der Waals surface area contributed by atoms with Crippen LogP contribution in [0.15, 0.2) is 64.9 Å². The van der Waals surface area contributed by atoms with E-state index >= 15 is 0 Å². The van der Waals surface area contributed by atoms with Gasteiger partial charge in [-0.05, 0) is 62.0 Å². The quantitative estimate of drug-likeness (QED) is 0.600. The van der Waals surface area contributed by atoms with Gasteiger partial charge >= 0.3 is 0 Å². The zero-order chi connectivity index (χ0) is 15.9. The molecule has 0 bridgehead atoms. The normalized spacial score (nSPS) is 10.1. The van der Waals surface area contributed by atoms with Crippen molar-refractivity contribution in [3.05, 3.63) is 66.2 Å². The third-order valence-electron chi connectivity index (χ3n) is 3.08. The van der Waals surface area contributed by atoms with Crippen LogP contribution < -0.4 is 10.6 Å². The molecule has 2 N–H and O–H groups in total. The van der Waals surface area contributed by atoms with E-state index in [4.69, 9.17) is 12.2 Å². The minimum absolute atomic E-state index is 0.606. The van der Waals surface area contributed by atoms with E-state index in [0.717, 1.165) is 5.69 Å². The number of hydrogen-bond acceptors (Lipinski definition) is 2. The van der Waals surface area contributed by atoms with Gasteiger partial charge in [0.25, 0.3) is 0 Å². The first-order valence-electron chi connectivity index (χ1n) is 7.09. The molecule has 0 amide bonds. The van der Waals surface area contributed by atoms with Crippen LogP contribution in [0.3, 0.4) is 0 Å². The highest BCUT2D eigenvalue weighted by atomic mass is 32.2. The summed E-state index contributed by atoms with van der Waals surface area (Å²) in [5, 5.41) is 6.80. The molecule has 0 saturated carbocycles. The van der Waals surface area contributed by atoms with E-state index in [0.29, 0.717) is 11.7 Å². The Morgan fingerprint density at radius 3 is 2.55 bits per heavy atom. The van der Waals surface area contributed by atoms with Crippen LogP contribution in [0.4, 0.5) is 5.69 Å². The van der Waals surface area contributed by atoms with Gasteiger partial charge in [-0.15, -0.1) is 6.58 Å². The lowest BCUT2D eigenvalue weighted by molar-refractivity contribution is 1.06. The second-order valence-electron chi connectivity index (χ2n) is 5.02. The van der Waals surface area contributed by atoms with Crippen LogP contribution in [-0.2, 0) is 0 Å². The van der Waals surface area contributed by atoms with Gasteiger partial charge in [0, 0.05) is 22.0 Å². The second kappa shape index (κ2) is 8.01. The number of thiocarbonyl (C=S) groups is 1. The van der Waals surface area contributed by atoms with Gasteiger partial charge in [0.2, 0.25) is 0 Å². The Hall–Kier alpha value is -1.78. The van der Waals surface area contributed by atoms with E-state index in [1.165, 1.54) is 20.9 Å². The summed E-state index contributed by atoms with van der Waals surface area (Å²) in [5.41, 5.74) is 3.58. The molecule has 2 nitrogen and oxygen atoms in total. The molecule has 0 aliphatic heterocycles. The van der Waals surface area contributed by atoms with Gasteiger partial charge < -0.3 is 10.6 Å². The van der Waals surface area contributed by atoms with Crippen LogP contribution >= 0.6 is 24.0 Å². The van der Waals surface area contributed by atoms with Crippen LogP contribution in [0.1, 0.15) is 11.1 Å². The molecule has 22 heavy (non-hydrogen) atoms. The van der Waals surface area contributed by atoms with Gasteiger partial charge in [-0.25, -0.2) is 0 Å². The Morgan fingerprint density at radius 2 is 1.91 bits per heavy atom. The molecule has 0 atom stereocenters. The predicted molar refractivity (Wildman–Crippen MR) is 101 cm³/mol. The summed E-state index contributed by atoms with van der Waals surface area (Å²) < 4.78 is 0. The van der Waals surface area contributed by atoms with E-state index < -0.39 is 0 Å². The molecule has 0 aliphatic carbocycles. The third kappa shape index (κ3) is 4.90. The molecule has 0 spiro atoms. The summed E-state index contributed by atoms with van der Waals surface area (Å²) in [6, 6.07) is 14.8. The smallest absolute Gasteiger partial charge is 0.171 e. The van der Waals surface area contributed by atoms with Crippen molar-refractivity contribution >= 4 is 34.8 Å². The summed E-state index contributed by atoms with van der Waals surface area (Å²) in [5.74, 6) is 0. The van der Waals surface area contributed by atoms with Gasteiger partial charge in [-0.1, -0.05) is 35.5 Å². The number of aryl methyl sites for hydroxylation is 2. The standard InChI is InChI=1S/C18H20N2S2/c1-4-11-19-18(21)20-15-6-8-16(9-7-15)22-17-10-5-13(2)12-14(17)3/h4-10,12H,1,11H2,2-3H3,(H2,19,20,21). The molecule has 2 aromatic carbocycles. The van der Waals surface area contributed by atoms with Crippen LogP contribution in [0.5, 0.6) is 0 Å². The minimum Gasteiger partial charge on any atom is -0.359 e. The Kier molecular flexibility index (Phi) is 6.04. The maximum atomic E-state index is 5.19. The van der Waals surface area contributed by atoms with Gasteiger partial charge in [-0.2, -0.15) is 0 Å². The van der Waals surface area contributed by atoms with Gasteiger partial charge in [0.05, 0.1) is 0 Å². The molecule has 0 radical (unpaired) electrons. The van der Waals surface area contributed by atoms with E-state index in [-0.39, 0.29) is 0 Å². The zero-order valence-corrected chi connectivity index (χ0v) is 14.5. The summed E-state index contributed by atoms with van der Waals surface area (Å²) in [6.07, 6.45) is 1.78. The fourth-order valence-electron chi connectivity index (χ4n) is 1.99. The first-order chi connectivity index (χ1) is 10.6. The molecular weight excluding hydrogens is 308 g/mol. The molecule has 0 aliphatic rings. The van der Waals surface area contributed by atoms with Crippen LogP contribution in [-0.4, -0.2) is 11.7 Å². The summed E-state index contributed by atoms with van der Waals surface area (Å²) >= 11 is 6.97. The Balaban J connectivity index is 1.99. The third-order valence-corrected chi connectivity index (χ3v) is 4.51. The molecule has 2 rings (SSSR count). The van der Waals surface area contributed by atoms with Crippen molar-refractivity contribution in [3.63, 3.8) is 0 Å². The maximum absolute atomic E-state index is 5.19. The van der Waals surface area contributed by atoms with Crippen molar-refractivity contribution in [2.24, 2.45) is 0 Å². The second-order valence-corrected chi connectivity index (χ2v) is 6.54. The van der Waals surface area contributed by atoms with E-state index in [1.54, 1.807) is 17.8 Å². The van der Waals surface area contributed by atoms with E-state index in [2.05, 4.69) is 61.4 Å². The minimum atomic E-state index is 0.606. The van der Waals surface area contributed by atoms with Crippen molar-refractivity contribution in [1.29, 1.82) is 0 Å². The van der Waals surface area contributed by atoms with Gasteiger partial charge in [0.15, 0.2) is 5.11 Å². The van der Waals surface area contributed by atoms with Crippen LogP contribution in [0.25, 0.3) is 0 Å². The Bertz CT molecular complexity index is 663. The highest BCUT2D eigenvalue weighted by Gasteiger charge is 2.02. The fraction of sp³-hybridized carbons (Fsp3) is 0.167. The van der Waals surface area contributed by atoms with Gasteiger partial charge in [0.1, 0.15) is 0 Å². The van der Waals surface area contributed by atoms with Crippen LogP contribution in [0, 0.1) is 13.8 Å². The highest BCUT2D eigenvalue weighted by Crippen LogP contribution is 2.31. The zero-order valence-electron chi connectivity index (χ0n) is 12.8. The average Bonchev–Trinajstić information content (AvgIpc) is 2.50. The van der Waals surface area contributed by atoms with Crippen molar-refractivity contribution in [2.45, 2.75) is 23.6 Å². The number of nitrogens with one attached hydrogen (secondary N) is 2. The van der Waals surface area contributed by atoms with E-state index in [1.807, 2.05) is 12.1 Å². The maximum Gasteiger partial charge on any atom is 0.171 e. The largest absolute Gasteiger partial charge is 0.359 e. The van der Waals surface area contributed by atoms with Gasteiger partial charge in [-0.3, -0.25) is 0 Å². The molecule has 0 unspecified atom stereocenters. The van der Waals surface area contributed by atoms with E-state index in [9.17, 15) is 0 Å². The molecule has 0 aromatic heterocycles.